The highest BCUT2D eigenvalue weighted by atomic mass is 32.3. The predicted octanol–water partition coefficient (Wildman–Crippen LogP) is 11.8. The van der Waals surface area contributed by atoms with Gasteiger partial charge in [-0.1, -0.05) is 103 Å². The Kier molecular flexibility index (Phi) is 11.1. The summed E-state index contributed by atoms with van der Waals surface area (Å²) in [4.78, 5) is 115. The van der Waals surface area contributed by atoms with Crippen LogP contribution >= 0.6 is 10.9 Å². The molecule has 4 heterocycles. The summed E-state index contributed by atoms with van der Waals surface area (Å²) in [6.07, 6.45) is 0. The molecule has 0 saturated heterocycles. The van der Waals surface area contributed by atoms with Crippen LogP contribution in [-0.2, 0) is 15.5 Å². The second kappa shape index (κ2) is 18.2. The van der Waals surface area contributed by atoms with E-state index in [1.165, 1.54) is 55.6 Å². The molecular weight excluding hydrogens is 1150 g/mol. The van der Waals surface area contributed by atoms with Gasteiger partial charge in [-0.15, -0.1) is 0 Å². The highest BCUT2D eigenvalue weighted by Gasteiger charge is 2.48. The number of hydrogen-bond acceptors (Lipinski definition) is 13. The van der Waals surface area contributed by atoms with E-state index >= 15 is 0 Å². The average molecular weight is 1190 g/mol. The number of carbonyl (C=O) groups is 8. The maximum atomic E-state index is 14.8. The van der Waals surface area contributed by atoms with Crippen LogP contribution in [0.1, 0.15) is 111 Å². The monoisotopic (exact) mass is 1190 g/mol. The number of hydrogen-bond donors (Lipinski definition) is 4. The molecule has 18 nitrogen and oxygen atoms in total. The standard InChI is InChI=1S/C67H40N4O14S2/c1-33-11-13-34(14-12-33)67(51-9-5-3-7-39(51)40-8-4-6-10-52(40)67)35-15-17-36(18-16-35)69-61(74)45-27-29-49-58-50(30-28-46(57(45)58)62(69)75)66(79)71(65(49)78)38-20-22-42(54(32-38)87(83,84)85)41-21-19-37(31-53(41)86(80,81)82)70-63(76)47-25-23-43-55-44(60(73)68(2)59(43)72)24-26-48(56(47)55)64(70)77/h3-32,83-85H,1-2H3,(H,80,81,82). The highest BCUT2D eigenvalue weighted by Crippen LogP contribution is 2.57. The molecule has 4 aliphatic heterocycles. The van der Waals surface area contributed by atoms with Crippen molar-refractivity contribution in [2.45, 2.75) is 22.1 Å². The molecule has 5 aliphatic rings. The molecule has 0 radical (unpaired) electrons. The van der Waals surface area contributed by atoms with Crippen LogP contribution in [0, 0.1) is 6.92 Å². The van der Waals surface area contributed by atoms with Crippen LogP contribution in [0.3, 0.4) is 0 Å². The maximum absolute atomic E-state index is 14.8. The van der Waals surface area contributed by atoms with Crippen LogP contribution in [0.15, 0.2) is 192 Å². The largest absolute Gasteiger partial charge is 0.304 e. The summed E-state index contributed by atoms with van der Waals surface area (Å²) >= 11 is 0. The SMILES string of the molecule is Cc1ccc(C2(c3ccc(N4C(=O)c5ccc6c7c(ccc(c57)C4=O)C(=O)N(c4ccc(-c5ccc(N7C(=O)c8ccc9c%10c(ccc(c8%10)C7=O)C(=O)N(C)C9=O)cc5S(=O)(=O)O)c(S(O)(O)O)c4)C6=O)cc3)c3ccccc3-c3ccccc32)cc1. The number of fused-ring (bicyclic) bond motifs is 3. The Morgan fingerprint density at radius 2 is 0.632 bits per heavy atom. The number of anilines is 3. The molecule has 0 atom stereocenters. The molecule has 1 aliphatic carbocycles. The third-order valence-corrected chi connectivity index (χ3v) is 19.1. The van der Waals surface area contributed by atoms with Crippen molar-refractivity contribution >= 4 is 107 Å². The molecule has 10 aromatic rings. The van der Waals surface area contributed by atoms with Crippen LogP contribution in [-0.4, -0.2) is 85.8 Å². The van der Waals surface area contributed by atoms with Crippen molar-refractivity contribution in [2.75, 3.05) is 21.7 Å². The zero-order chi connectivity index (χ0) is 60.7. The number of imide groups is 4. The first-order valence-electron chi connectivity index (χ1n) is 26.9. The van der Waals surface area contributed by atoms with Crippen molar-refractivity contribution in [3.63, 3.8) is 0 Å². The fourth-order valence-electron chi connectivity index (χ4n) is 13.4. The van der Waals surface area contributed by atoms with Crippen molar-refractivity contribution < 1.29 is 65.0 Å². The third-order valence-electron chi connectivity index (χ3n) is 17.3. The summed E-state index contributed by atoms with van der Waals surface area (Å²) in [5.41, 5.74) is 4.90. The molecule has 87 heavy (non-hydrogen) atoms. The van der Waals surface area contributed by atoms with Crippen LogP contribution in [0.4, 0.5) is 17.1 Å². The van der Waals surface area contributed by atoms with Crippen molar-refractivity contribution in [1.82, 2.24) is 4.90 Å². The third kappa shape index (κ3) is 7.21. The first-order chi connectivity index (χ1) is 41.6. The van der Waals surface area contributed by atoms with E-state index in [4.69, 9.17) is 0 Å². The normalized spacial score (nSPS) is 15.9. The summed E-state index contributed by atoms with van der Waals surface area (Å²) in [6.45, 7) is 2.03. The van der Waals surface area contributed by atoms with Gasteiger partial charge in [0.2, 0.25) is 0 Å². The molecule has 10 aromatic carbocycles. The molecular formula is C67H40N4O14S2. The topological polar surface area (TPSA) is 265 Å². The highest BCUT2D eigenvalue weighted by molar-refractivity contribution is 8.19. The van der Waals surface area contributed by atoms with Gasteiger partial charge in [-0.2, -0.15) is 8.42 Å². The molecule has 0 unspecified atom stereocenters. The van der Waals surface area contributed by atoms with Crippen LogP contribution in [0.2, 0.25) is 0 Å². The summed E-state index contributed by atoms with van der Waals surface area (Å²) in [7, 11) is -9.01. The Morgan fingerprint density at radius 3 is 1.00 bits per heavy atom. The average Bonchev–Trinajstić information content (AvgIpc) is 1.72. The predicted molar refractivity (Wildman–Crippen MR) is 322 cm³/mol. The van der Waals surface area contributed by atoms with Gasteiger partial charge >= 0.3 is 0 Å². The van der Waals surface area contributed by atoms with Gasteiger partial charge in [0.25, 0.3) is 57.4 Å². The Hall–Kier alpha value is -10.6. The van der Waals surface area contributed by atoms with E-state index in [-0.39, 0.29) is 83.1 Å². The van der Waals surface area contributed by atoms with E-state index in [1.54, 1.807) is 12.1 Å². The minimum atomic E-state index is -5.37. The molecule has 4 N–H and O–H groups in total. The number of carbonyl (C=O) groups excluding carboxylic acids is 8. The lowest BCUT2D eigenvalue weighted by Gasteiger charge is -2.35. The Labute approximate surface area is 494 Å². The fraction of sp³-hybridized carbons (Fsp3) is 0.0448. The van der Waals surface area contributed by atoms with Crippen LogP contribution < -0.4 is 14.7 Å². The lowest BCUT2D eigenvalue weighted by Crippen LogP contribution is -2.43. The van der Waals surface area contributed by atoms with E-state index in [0.29, 0.717) is 9.80 Å². The lowest BCUT2D eigenvalue weighted by atomic mass is 9.67. The number of rotatable bonds is 8. The molecule has 15 rings (SSSR count). The molecule has 424 valence electrons. The molecule has 0 spiro atoms. The second-order valence-corrected chi connectivity index (χ2v) is 24.6. The first-order valence-corrected chi connectivity index (χ1v) is 29.9. The Balaban J connectivity index is 0.764. The lowest BCUT2D eigenvalue weighted by molar-refractivity contribution is 0.0647. The van der Waals surface area contributed by atoms with E-state index in [1.807, 2.05) is 43.3 Å². The van der Waals surface area contributed by atoms with Gasteiger partial charge in [0, 0.05) is 84.2 Å². The van der Waals surface area contributed by atoms with E-state index in [9.17, 15) is 65.0 Å². The van der Waals surface area contributed by atoms with E-state index in [0.717, 1.165) is 85.1 Å². The molecule has 8 amide bonds. The van der Waals surface area contributed by atoms with Crippen LogP contribution in [0.5, 0.6) is 0 Å². The van der Waals surface area contributed by atoms with Crippen LogP contribution in [0.25, 0.3) is 43.8 Å². The maximum Gasteiger partial charge on any atom is 0.295 e. The minimum absolute atomic E-state index is 0.0141. The summed E-state index contributed by atoms with van der Waals surface area (Å²) in [6, 6.07) is 48.8. The van der Waals surface area contributed by atoms with Gasteiger partial charge in [0.15, 0.2) is 0 Å². The summed E-state index contributed by atoms with van der Waals surface area (Å²) in [5.74, 6) is -6.68. The van der Waals surface area contributed by atoms with Crippen molar-refractivity contribution in [3.05, 3.63) is 254 Å². The molecule has 0 saturated carbocycles. The van der Waals surface area contributed by atoms with Crippen molar-refractivity contribution in [1.29, 1.82) is 0 Å². The summed E-state index contributed by atoms with van der Waals surface area (Å²) in [5, 5.41) is 0.201. The second-order valence-electron chi connectivity index (χ2n) is 21.8. The zero-order valence-electron chi connectivity index (χ0n) is 45.3. The Morgan fingerprint density at radius 1 is 0.333 bits per heavy atom. The number of amides is 8. The number of nitrogens with zero attached hydrogens (tertiary/aromatic N) is 4. The number of benzene rings is 10. The van der Waals surface area contributed by atoms with Gasteiger partial charge in [-0.25, -0.2) is 14.7 Å². The van der Waals surface area contributed by atoms with E-state index in [2.05, 4.69) is 48.5 Å². The minimum Gasteiger partial charge on any atom is -0.304 e. The molecule has 0 fully saturated rings. The van der Waals surface area contributed by atoms with Crippen molar-refractivity contribution in [2.24, 2.45) is 0 Å². The first kappa shape index (κ1) is 53.2. The zero-order valence-corrected chi connectivity index (χ0v) is 46.9. The van der Waals surface area contributed by atoms with E-state index < -0.39 is 94.6 Å². The van der Waals surface area contributed by atoms with Gasteiger partial charge in [0.1, 0.15) is 15.8 Å². The molecule has 20 heteroatoms. The molecule has 0 aromatic heterocycles. The quantitative estimate of drug-likeness (QED) is 0.0814. The van der Waals surface area contributed by atoms with Gasteiger partial charge in [-0.05, 0) is 125 Å². The Bertz CT molecular complexity index is 4930. The van der Waals surface area contributed by atoms with Gasteiger partial charge in [0.05, 0.1) is 27.4 Å². The fourth-order valence-corrected chi connectivity index (χ4v) is 14.9. The van der Waals surface area contributed by atoms with Gasteiger partial charge < -0.3 is 13.7 Å². The van der Waals surface area contributed by atoms with Gasteiger partial charge in [-0.3, -0.25) is 47.8 Å². The van der Waals surface area contributed by atoms with Crippen molar-refractivity contribution in [3.8, 4) is 22.3 Å². The number of aryl methyl sites for hydroxylation is 1. The molecule has 0 bridgehead atoms. The summed E-state index contributed by atoms with van der Waals surface area (Å²) < 4.78 is 70.4. The smallest absolute Gasteiger partial charge is 0.295 e.